The van der Waals surface area contributed by atoms with E-state index >= 15 is 0 Å². The molecule has 0 unspecified atom stereocenters. The fourth-order valence-corrected chi connectivity index (χ4v) is 2.93. The minimum atomic E-state index is 0.108. The SMILES string of the molecule is COc1cc(Br)cc(CNC[C@H]2CCCO2)c1OC(C)C. The van der Waals surface area contributed by atoms with Crippen molar-refractivity contribution in [2.45, 2.75) is 45.4 Å². The first-order chi connectivity index (χ1) is 10.1. The maximum Gasteiger partial charge on any atom is 0.166 e. The molecule has 1 saturated heterocycles. The van der Waals surface area contributed by atoms with Crippen LogP contribution < -0.4 is 14.8 Å². The molecule has 0 radical (unpaired) electrons. The molecule has 4 nitrogen and oxygen atoms in total. The van der Waals surface area contributed by atoms with Crippen LogP contribution in [0.4, 0.5) is 0 Å². The maximum atomic E-state index is 5.93. The van der Waals surface area contributed by atoms with E-state index in [1.165, 1.54) is 6.42 Å². The third-order valence-electron chi connectivity index (χ3n) is 3.38. The number of halogens is 1. The van der Waals surface area contributed by atoms with E-state index < -0.39 is 0 Å². The Balaban J connectivity index is 2.06. The van der Waals surface area contributed by atoms with Crippen molar-refractivity contribution in [3.05, 3.63) is 22.2 Å². The van der Waals surface area contributed by atoms with Crippen LogP contribution in [0.2, 0.25) is 0 Å². The lowest BCUT2D eigenvalue weighted by Crippen LogP contribution is -2.26. The molecule has 0 saturated carbocycles. The minimum Gasteiger partial charge on any atom is -0.493 e. The molecular formula is C16H24BrNO3. The minimum absolute atomic E-state index is 0.108. The second-order valence-electron chi connectivity index (χ2n) is 5.53. The van der Waals surface area contributed by atoms with Crippen LogP contribution in [-0.2, 0) is 11.3 Å². The molecule has 1 N–H and O–H groups in total. The summed E-state index contributed by atoms with van der Waals surface area (Å²) in [6, 6.07) is 4.00. The van der Waals surface area contributed by atoms with Crippen molar-refractivity contribution in [2.24, 2.45) is 0 Å². The van der Waals surface area contributed by atoms with Crippen LogP contribution in [-0.4, -0.2) is 32.5 Å². The summed E-state index contributed by atoms with van der Waals surface area (Å²) < 4.78 is 18.0. The van der Waals surface area contributed by atoms with Gasteiger partial charge in [-0.25, -0.2) is 0 Å². The van der Waals surface area contributed by atoms with E-state index in [0.29, 0.717) is 6.10 Å². The van der Waals surface area contributed by atoms with Crippen molar-refractivity contribution in [3.63, 3.8) is 0 Å². The molecule has 118 valence electrons. The Hall–Kier alpha value is -0.780. The normalized spacial score (nSPS) is 18.2. The fourth-order valence-electron chi connectivity index (χ4n) is 2.45. The number of methoxy groups -OCH3 is 1. The summed E-state index contributed by atoms with van der Waals surface area (Å²) in [5, 5.41) is 3.45. The van der Waals surface area contributed by atoms with E-state index in [4.69, 9.17) is 14.2 Å². The van der Waals surface area contributed by atoms with Gasteiger partial charge in [0.1, 0.15) is 0 Å². The number of nitrogens with one attached hydrogen (secondary N) is 1. The molecule has 0 amide bonds. The van der Waals surface area contributed by atoms with Crippen LogP contribution in [0.5, 0.6) is 11.5 Å². The molecule has 21 heavy (non-hydrogen) atoms. The van der Waals surface area contributed by atoms with Crippen LogP contribution in [0.3, 0.4) is 0 Å². The summed E-state index contributed by atoms with van der Waals surface area (Å²) in [7, 11) is 1.67. The summed E-state index contributed by atoms with van der Waals surface area (Å²) in [6.07, 6.45) is 2.76. The lowest BCUT2D eigenvalue weighted by molar-refractivity contribution is 0.110. The molecule has 1 aliphatic heterocycles. The molecule has 1 aliphatic rings. The topological polar surface area (TPSA) is 39.7 Å². The van der Waals surface area contributed by atoms with Crippen LogP contribution in [0.15, 0.2) is 16.6 Å². The molecular weight excluding hydrogens is 334 g/mol. The van der Waals surface area contributed by atoms with E-state index in [0.717, 1.165) is 47.7 Å². The Labute approximate surface area is 135 Å². The van der Waals surface area contributed by atoms with Gasteiger partial charge in [-0.1, -0.05) is 15.9 Å². The summed E-state index contributed by atoms with van der Waals surface area (Å²) in [6.45, 7) is 6.53. The van der Waals surface area contributed by atoms with Crippen molar-refractivity contribution in [3.8, 4) is 11.5 Å². The first kappa shape index (κ1) is 16.6. The maximum absolute atomic E-state index is 5.93. The zero-order valence-corrected chi connectivity index (χ0v) is 14.5. The van der Waals surface area contributed by atoms with E-state index in [1.807, 2.05) is 19.9 Å². The van der Waals surface area contributed by atoms with Crippen LogP contribution >= 0.6 is 15.9 Å². The molecule has 1 atom stereocenters. The first-order valence-corrected chi connectivity index (χ1v) is 8.25. The standard InChI is InChI=1S/C16H24BrNO3/c1-11(2)21-16-12(7-13(17)8-15(16)19-3)9-18-10-14-5-4-6-20-14/h7-8,11,14,18H,4-6,9-10H2,1-3H3/t14-/m1/s1. The predicted molar refractivity (Wildman–Crippen MR) is 87.1 cm³/mol. The monoisotopic (exact) mass is 357 g/mol. The van der Waals surface area contributed by atoms with Crippen LogP contribution in [0.25, 0.3) is 0 Å². The second-order valence-corrected chi connectivity index (χ2v) is 6.44. The Morgan fingerprint density at radius 3 is 2.86 bits per heavy atom. The Bertz CT molecular complexity index is 459. The van der Waals surface area contributed by atoms with Gasteiger partial charge in [0.05, 0.1) is 19.3 Å². The number of hydrogen-bond acceptors (Lipinski definition) is 4. The smallest absolute Gasteiger partial charge is 0.166 e. The highest BCUT2D eigenvalue weighted by Crippen LogP contribution is 2.35. The van der Waals surface area contributed by atoms with Gasteiger partial charge >= 0.3 is 0 Å². The zero-order chi connectivity index (χ0) is 15.2. The summed E-state index contributed by atoms with van der Waals surface area (Å²) >= 11 is 3.52. The number of benzene rings is 1. The highest BCUT2D eigenvalue weighted by molar-refractivity contribution is 9.10. The molecule has 0 bridgehead atoms. The van der Waals surface area contributed by atoms with Gasteiger partial charge < -0.3 is 19.5 Å². The largest absolute Gasteiger partial charge is 0.493 e. The van der Waals surface area contributed by atoms with Gasteiger partial charge in [-0.15, -0.1) is 0 Å². The molecule has 0 aromatic heterocycles. The van der Waals surface area contributed by atoms with Crippen molar-refractivity contribution < 1.29 is 14.2 Å². The van der Waals surface area contributed by atoms with E-state index in [9.17, 15) is 0 Å². The predicted octanol–water partition coefficient (Wildman–Crippen LogP) is 3.51. The van der Waals surface area contributed by atoms with Gasteiger partial charge in [-0.05, 0) is 38.8 Å². The first-order valence-electron chi connectivity index (χ1n) is 7.45. The fraction of sp³-hybridized carbons (Fsp3) is 0.625. The Morgan fingerprint density at radius 2 is 2.24 bits per heavy atom. The van der Waals surface area contributed by atoms with Gasteiger partial charge in [0.2, 0.25) is 0 Å². The van der Waals surface area contributed by atoms with Crippen molar-refractivity contribution in [1.82, 2.24) is 5.32 Å². The lowest BCUT2D eigenvalue weighted by atomic mass is 10.1. The molecule has 1 aromatic rings. The lowest BCUT2D eigenvalue weighted by Gasteiger charge is -2.19. The van der Waals surface area contributed by atoms with E-state index in [-0.39, 0.29) is 6.10 Å². The van der Waals surface area contributed by atoms with Crippen molar-refractivity contribution in [1.29, 1.82) is 0 Å². The number of ether oxygens (including phenoxy) is 3. The van der Waals surface area contributed by atoms with E-state index in [2.05, 4.69) is 27.3 Å². The highest BCUT2D eigenvalue weighted by Gasteiger charge is 2.17. The number of rotatable bonds is 7. The third kappa shape index (κ3) is 4.87. The summed E-state index contributed by atoms with van der Waals surface area (Å²) in [4.78, 5) is 0. The Morgan fingerprint density at radius 1 is 1.43 bits per heavy atom. The van der Waals surface area contributed by atoms with Crippen molar-refractivity contribution in [2.75, 3.05) is 20.3 Å². The van der Waals surface area contributed by atoms with E-state index in [1.54, 1.807) is 7.11 Å². The average Bonchev–Trinajstić information content (AvgIpc) is 2.94. The van der Waals surface area contributed by atoms with Crippen LogP contribution in [0.1, 0.15) is 32.3 Å². The highest BCUT2D eigenvalue weighted by atomic mass is 79.9. The zero-order valence-electron chi connectivity index (χ0n) is 12.9. The Kier molecular flexibility index (Phi) is 6.33. The van der Waals surface area contributed by atoms with Gasteiger partial charge in [0.25, 0.3) is 0 Å². The third-order valence-corrected chi connectivity index (χ3v) is 3.84. The molecule has 1 fully saturated rings. The van der Waals surface area contributed by atoms with Crippen molar-refractivity contribution >= 4 is 15.9 Å². The van der Waals surface area contributed by atoms with Crippen LogP contribution in [0, 0.1) is 0 Å². The molecule has 2 rings (SSSR count). The van der Waals surface area contributed by atoms with Gasteiger partial charge in [-0.2, -0.15) is 0 Å². The molecule has 0 spiro atoms. The van der Waals surface area contributed by atoms with Gasteiger partial charge in [0.15, 0.2) is 11.5 Å². The number of hydrogen-bond donors (Lipinski definition) is 1. The summed E-state index contributed by atoms with van der Waals surface area (Å²) in [5.74, 6) is 1.57. The summed E-state index contributed by atoms with van der Waals surface area (Å²) in [5.41, 5.74) is 1.09. The quantitative estimate of drug-likeness (QED) is 0.810. The molecule has 5 heteroatoms. The second kappa shape index (κ2) is 8.01. The van der Waals surface area contributed by atoms with Gasteiger partial charge in [0, 0.05) is 29.7 Å². The molecule has 1 heterocycles. The molecule has 0 aliphatic carbocycles. The van der Waals surface area contributed by atoms with Gasteiger partial charge in [-0.3, -0.25) is 0 Å². The average molecular weight is 358 g/mol. The molecule has 1 aromatic carbocycles.